The van der Waals surface area contributed by atoms with Crippen molar-refractivity contribution in [3.8, 4) is 5.88 Å². The summed E-state index contributed by atoms with van der Waals surface area (Å²) in [6.45, 7) is 6.95. The van der Waals surface area contributed by atoms with Gasteiger partial charge in [0.1, 0.15) is 0 Å². The van der Waals surface area contributed by atoms with Crippen LogP contribution in [0.5, 0.6) is 5.88 Å². The largest absolute Gasteiger partial charge is 0.494 e. The van der Waals surface area contributed by atoms with Gasteiger partial charge in [-0.3, -0.25) is 4.18 Å². The van der Waals surface area contributed by atoms with Gasteiger partial charge in [-0.25, -0.2) is 4.99 Å². The zero-order valence-corrected chi connectivity index (χ0v) is 22.2. The van der Waals surface area contributed by atoms with E-state index in [1.54, 1.807) is 6.07 Å². The Morgan fingerprint density at radius 1 is 1.05 bits per heavy atom. The van der Waals surface area contributed by atoms with E-state index in [4.69, 9.17) is 13.9 Å². The molecule has 0 radical (unpaired) electrons. The fraction of sp³-hybridized carbons (Fsp3) is 0.276. The van der Waals surface area contributed by atoms with Crippen molar-refractivity contribution in [3.63, 3.8) is 0 Å². The normalized spacial score (nSPS) is 14.9. The van der Waals surface area contributed by atoms with Crippen LogP contribution in [0.3, 0.4) is 0 Å². The van der Waals surface area contributed by atoms with Crippen LogP contribution < -0.4 is 4.90 Å². The molecule has 0 aliphatic carbocycles. The predicted octanol–water partition coefficient (Wildman–Crippen LogP) is 5.24. The van der Waals surface area contributed by atoms with Crippen LogP contribution in [0.15, 0.2) is 82.7 Å². The molecule has 1 aliphatic heterocycles. The van der Waals surface area contributed by atoms with Crippen molar-refractivity contribution in [3.05, 3.63) is 83.9 Å². The number of aliphatic imine (C=N–C) groups is 1. The number of aromatic hydroxyl groups is 1. The van der Waals surface area contributed by atoms with Gasteiger partial charge in [0.25, 0.3) is 10.1 Å². The van der Waals surface area contributed by atoms with Crippen molar-refractivity contribution in [1.82, 2.24) is 4.98 Å². The molecule has 0 atom stereocenters. The van der Waals surface area contributed by atoms with Gasteiger partial charge < -0.3 is 19.7 Å². The van der Waals surface area contributed by atoms with E-state index in [0.29, 0.717) is 41.1 Å². The number of anilines is 1. The molecule has 1 aliphatic rings. The SMILES string of the molecule is CC(C)COS(=O)(=O)c1ccc2[nH]c(O)c(C(=Nc3ccc(N4CCOCC4)cc3)c3ccccc3)c2c1. The second-order valence-electron chi connectivity index (χ2n) is 9.63. The highest BCUT2D eigenvalue weighted by Gasteiger charge is 2.23. The van der Waals surface area contributed by atoms with Crippen LogP contribution in [-0.4, -0.2) is 57.1 Å². The van der Waals surface area contributed by atoms with Crippen molar-refractivity contribution < 1.29 is 22.4 Å². The molecule has 0 bridgehead atoms. The minimum atomic E-state index is -3.97. The van der Waals surface area contributed by atoms with Gasteiger partial charge in [-0.2, -0.15) is 8.42 Å². The van der Waals surface area contributed by atoms with E-state index >= 15 is 0 Å². The maximum Gasteiger partial charge on any atom is 0.297 e. The second kappa shape index (κ2) is 11.0. The summed E-state index contributed by atoms with van der Waals surface area (Å²) in [4.78, 5) is 10.2. The van der Waals surface area contributed by atoms with E-state index < -0.39 is 10.1 Å². The summed E-state index contributed by atoms with van der Waals surface area (Å²) in [5, 5.41) is 11.5. The molecule has 3 aromatic carbocycles. The summed E-state index contributed by atoms with van der Waals surface area (Å²) in [5.74, 6) is -0.0305. The molecule has 38 heavy (non-hydrogen) atoms. The highest BCUT2D eigenvalue weighted by Crippen LogP contribution is 2.33. The number of rotatable bonds is 8. The Bertz CT molecular complexity index is 1540. The van der Waals surface area contributed by atoms with Gasteiger partial charge >= 0.3 is 0 Å². The van der Waals surface area contributed by atoms with E-state index in [1.807, 2.05) is 68.4 Å². The molecule has 2 heterocycles. The molecule has 0 saturated carbocycles. The first-order valence-corrected chi connectivity index (χ1v) is 14.0. The molecular weight excluding hydrogens is 502 g/mol. The number of fused-ring (bicyclic) bond motifs is 1. The van der Waals surface area contributed by atoms with Gasteiger partial charge in [0.05, 0.1) is 41.7 Å². The van der Waals surface area contributed by atoms with E-state index in [-0.39, 0.29) is 23.3 Å². The number of nitrogens with one attached hydrogen (secondary N) is 1. The third-order valence-electron chi connectivity index (χ3n) is 6.35. The molecule has 9 heteroatoms. The van der Waals surface area contributed by atoms with Crippen LogP contribution in [0.2, 0.25) is 0 Å². The van der Waals surface area contributed by atoms with Gasteiger partial charge in [-0.15, -0.1) is 0 Å². The molecule has 0 spiro atoms. The zero-order valence-electron chi connectivity index (χ0n) is 21.4. The lowest BCUT2D eigenvalue weighted by atomic mass is 10.0. The maximum absolute atomic E-state index is 12.9. The van der Waals surface area contributed by atoms with Crippen LogP contribution in [0.4, 0.5) is 11.4 Å². The van der Waals surface area contributed by atoms with Gasteiger partial charge in [-0.1, -0.05) is 44.2 Å². The third-order valence-corrected chi connectivity index (χ3v) is 7.62. The third kappa shape index (κ3) is 5.60. The van der Waals surface area contributed by atoms with Crippen molar-refractivity contribution >= 4 is 38.1 Å². The summed E-state index contributed by atoms with van der Waals surface area (Å²) in [6.07, 6.45) is 0. The summed E-state index contributed by atoms with van der Waals surface area (Å²) in [5.41, 5.74) is 4.12. The average molecular weight is 534 g/mol. The lowest BCUT2D eigenvalue weighted by molar-refractivity contribution is 0.122. The first-order chi connectivity index (χ1) is 18.3. The fourth-order valence-corrected chi connectivity index (χ4v) is 5.48. The number of aromatic amines is 1. The molecule has 1 aromatic heterocycles. The summed E-state index contributed by atoms with van der Waals surface area (Å²) >= 11 is 0. The fourth-order valence-electron chi connectivity index (χ4n) is 4.40. The van der Waals surface area contributed by atoms with Gasteiger partial charge in [0, 0.05) is 35.2 Å². The lowest BCUT2D eigenvalue weighted by Crippen LogP contribution is -2.36. The number of nitrogens with zero attached hydrogens (tertiary/aromatic N) is 2. The predicted molar refractivity (Wildman–Crippen MR) is 149 cm³/mol. The Balaban J connectivity index is 1.59. The summed E-state index contributed by atoms with van der Waals surface area (Å²) in [6, 6.07) is 22.1. The van der Waals surface area contributed by atoms with E-state index in [1.165, 1.54) is 12.1 Å². The van der Waals surface area contributed by atoms with Crippen molar-refractivity contribution in [1.29, 1.82) is 0 Å². The molecule has 198 valence electrons. The smallest absolute Gasteiger partial charge is 0.297 e. The molecule has 0 unspecified atom stereocenters. The summed E-state index contributed by atoms with van der Waals surface area (Å²) in [7, 11) is -3.97. The first kappa shape index (κ1) is 26.0. The van der Waals surface area contributed by atoms with Gasteiger partial charge in [-0.05, 0) is 48.4 Å². The molecule has 2 N–H and O–H groups in total. The Kier molecular flexibility index (Phi) is 7.51. The molecule has 1 saturated heterocycles. The molecule has 1 fully saturated rings. The number of ether oxygens (including phenoxy) is 1. The van der Waals surface area contributed by atoms with Crippen LogP contribution in [0.1, 0.15) is 25.0 Å². The van der Waals surface area contributed by atoms with E-state index in [9.17, 15) is 13.5 Å². The highest BCUT2D eigenvalue weighted by atomic mass is 32.2. The van der Waals surface area contributed by atoms with Crippen molar-refractivity contribution in [2.75, 3.05) is 37.8 Å². The minimum absolute atomic E-state index is 0.0215. The van der Waals surface area contributed by atoms with Crippen molar-refractivity contribution in [2.45, 2.75) is 18.7 Å². The number of aromatic nitrogens is 1. The quantitative estimate of drug-likeness (QED) is 0.237. The second-order valence-corrected chi connectivity index (χ2v) is 11.2. The van der Waals surface area contributed by atoms with E-state index in [2.05, 4.69) is 9.88 Å². The lowest BCUT2D eigenvalue weighted by Gasteiger charge is -2.28. The average Bonchev–Trinajstić information content (AvgIpc) is 3.26. The standard InChI is InChI=1S/C29H31N3O5S/c1-20(2)19-37-38(34,35)24-12-13-26-25(18-24)27(29(33)31-26)28(21-6-4-3-5-7-21)30-22-8-10-23(11-9-22)32-14-16-36-17-15-32/h3-13,18,20,31,33H,14-17,19H2,1-2H3. The number of hydrogen-bond acceptors (Lipinski definition) is 7. The van der Waals surface area contributed by atoms with Gasteiger partial charge in [0.15, 0.2) is 5.88 Å². The number of hydrogen-bond donors (Lipinski definition) is 2. The minimum Gasteiger partial charge on any atom is -0.494 e. The number of H-pyrrole nitrogens is 1. The maximum atomic E-state index is 12.9. The Labute approximate surface area is 222 Å². The van der Waals surface area contributed by atoms with Crippen LogP contribution in [0.25, 0.3) is 10.9 Å². The van der Waals surface area contributed by atoms with Crippen LogP contribution in [-0.2, 0) is 19.0 Å². The highest BCUT2D eigenvalue weighted by molar-refractivity contribution is 7.86. The Morgan fingerprint density at radius 3 is 2.45 bits per heavy atom. The van der Waals surface area contributed by atoms with Crippen LogP contribution >= 0.6 is 0 Å². The number of morpholine rings is 1. The molecule has 0 amide bonds. The Hall–Kier alpha value is -3.66. The molecule has 8 nitrogen and oxygen atoms in total. The molecule has 5 rings (SSSR count). The summed E-state index contributed by atoms with van der Waals surface area (Å²) < 4.78 is 36.4. The van der Waals surface area contributed by atoms with Crippen molar-refractivity contribution in [2.24, 2.45) is 10.9 Å². The Morgan fingerprint density at radius 2 is 1.76 bits per heavy atom. The van der Waals surface area contributed by atoms with Crippen LogP contribution in [0, 0.1) is 5.92 Å². The number of benzene rings is 3. The zero-order chi connectivity index (χ0) is 26.7. The molecular formula is C29H31N3O5S. The van der Waals surface area contributed by atoms with E-state index in [0.717, 1.165) is 24.3 Å². The topological polar surface area (TPSA) is 104 Å². The molecule has 4 aromatic rings. The monoisotopic (exact) mass is 533 g/mol. The van der Waals surface area contributed by atoms with Gasteiger partial charge in [0.2, 0.25) is 0 Å². The first-order valence-electron chi connectivity index (χ1n) is 12.6.